The van der Waals surface area contributed by atoms with Crippen molar-refractivity contribution in [1.82, 2.24) is 9.55 Å². The van der Waals surface area contributed by atoms with Gasteiger partial charge in [0.05, 0.1) is 16.2 Å². The lowest BCUT2D eigenvalue weighted by atomic mass is 10.3. The van der Waals surface area contributed by atoms with Gasteiger partial charge in [-0.3, -0.25) is 14.2 Å². The first kappa shape index (κ1) is 18.6. The van der Waals surface area contributed by atoms with Crippen molar-refractivity contribution in [2.45, 2.75) is 11.7 Å². The van der Waals surface area contributed by atoms with E-state index in [1.807, 2.05) is 0 Å². The van der Waals surface area contributed by atoms with Crippen LogP contribution < -0.4 is 10.9 Å². The maximum Gasteiger partial charge on any atom is 0.263 e. The molecule has 1 amide bonds. The van der Waals surface area contributed by atoms with Crippen molar-refractivity contribution in [2.75, 3.05) is 11.1 Å². The van der Waals surface area contributed by atoms with E-state index in [2.05, 4.69) is 16.9 Å². The van der Waals surface area contributed by atoms with Crippen LogP contribution in [0, 0.1) is 5.82 Å². The van der Waals surface area contributed by atoms with Crippen LogP contribution in [0.3, 0.4) is 0 Å². The molecule has 2 heterocycles. The molecule has 0 radical (unpaired) electrons. The smallest absolute Gasteiger partial charge is 0.263 e. The first-order valence-corrected chi connectivity index (χ1v) is 9.70. The summed E-state index contributed by atoms with van der Waals surface area (Å²) in [5.41, 5.74) is 0.233. The Hall–Kier alpha value is -2.16. The highest BCUT2D eigenvalue weighted by molar-refractivity contribution is 7.99. The number of hydrogen-bond acceptors (Lipinski definition) is 5. The number of benzene rings is 1. The van der Waals surface area contributed by atoms with E-state index in [1.165, 1.54) is 34.1 Å². The number of amides is 1. The number of fused-ring (bicyclic) bond motifs is 1. The van der Waals surface area contributed by atoms with E-state index in [0.717, 1.165) is 11.8 Å². The van der Waals surface area contributed by atoms with Gasteiger partial charge in [0.2, 0.25) is 5.91 Å². The fourth-order valence-corrected chi connectivity index (χ4v) is 4.03. The highest BCUT2D eigenvalue weighted by Crippen LogP contribution is 2.22. The van der Waals surface area contributed by atoms with Crippen molar-refractivity contribution in [3.05, 3.63) is 63.5 Å². The predicted octanol–water partition coefficient (Wildman–Crippen LogP) is 4.17. The van der Waals surface area contributed by atoms with Crippen molar-refractivity contribution >= 4 is 56.5 Å². The number of halogens is 2. The predicted molar refractivity (Wildman–Crippen MR) is 105 cm³/mol. The zero-order valence-electron chi connectivity index (χ0n) is 13.4. The molecule has 134 valence electrons. The Balaban J connectivity index is 1.77. The second-order valence-corrected chi connectivity index (χ2v) is 7.45. The van der Waals surface area contributed by atoms with Gasteiger partial charge in [-0.05, 0) is 29.6 Å². The van der Waals surface area contributed by atoms with Crippen molar-refractivity contribution in [3.63, 3.8) is 0 Å². The maximum atomic E-state index is 13.2. The minimum absolute atomic E-state index is 0.0372. The summed E-state index contributed by atoms with van der Waals surface area (Å²) in [4.78, 5) is 29.8. The van der Waals surface area contributed by atoms with Crippen molar-refractivity contribution < 1.29 is 9.18 Å². The van der Waals surface area contributed by atoms with E-state index in [4.69, 9.17) is 11.6 Å². The number of carbonyl (C=O) groups excluding carboxylic acids is 1. The summed E-state index contributed by atoms with van der Waals surface area (Å²) in [6, 6.07) is 5.67. The van der Waals surface area contributed by atoms with Crippen LogP contribution in [0.15, 0.2) is 52.3 Å². The first-order chi connectivity index (χ1) is 12.5. The van der Waals surface area contributed by atoms with E-state index in [0.29, 0.717) is 27.6 Å². The molecule has 1 aromatic carbocycles. The second-order valence-electron chi connectivity index (χ2n) is 5.20. The molecule has 0 bridgehead atoms. The third-order valence-electron chi connectivity index (χ3n) is 3.40. The lowest BCUT2D eigenvalue weighted by Crippen LogP contribution is -2.23. The zero-order valence-corrected chi connectivity index (χ0v) is 15.8. The summed E-state index contributed by atoms with van der Waals surface area (Å²) in [5.74, 6) is -0.834. The number of thioether (sulfide) groups is 1. The number of nitrogens with one attached hydrogen (secondary N) is 1. The molecule has 26 heavy (non-hydrogen) atoms. The normalized spacial score (nSPS) is 10.8. The summed E-state index contributed by atoms with van der Waals surface area (Å²) in [7, 11) is 0. The van der Waals surface area contributed by atoms with Crippen LogP contribution >= 0.6 is 34.7 Å². The largest absolute Gasteiger partial charge is 0.325 e. The molecule has 0 saturated heterocycles. The van der Waals surface area contributed by atoms with Crippen LogP contribution in [-0.4, -0.2) is 21.2 Å². The summed E-state index contributed by atoms with van der Waals surface area (Å²) < 4.78 is 14.6. The average molecular weight is 410 g/mol. The Labute approximate surface area is 161 Å². The number of anilines is 1. The molecule has 1 N–H and O–H groups in total. The Morgan fingerprint density at radius 3 is 3.00 bits per heavy atom. The number of hydrogen-bond donors (Lipinski definition) is 1. The number of rotatable bonds is 6. The van der Waals surface area contributed by atoms with Gasteiger partial charge in [-0.15, -0.1) is 17.9 Å². The highest BCUT2D eigenvalue weighted by Gasteiger charge is 2.13. The molecule has 0 atom stereocenters. The zero-order chi connectivity index (χ0) is 18.7. The number of carbonyl (C=O) groups is 1. The fourth-order valence-electron chi connectivity index (χ4n) is 2.23. The maximum absolute atomic E-state index is 13.2. The van der Waals surface area contributed by atoms with Gasteiger partial charge in [0.15, 0.2) is 5.16 Å². The molecule has 2 aromatic heterocycles. The molecule has 0 spiro atoms. The van der Waals surface area contributed by atoms with Gasteiger partial charge in [-0.1, -0.05) is 29.4 Å². The fraction of sp³-hybridized carbons (Fsp3) is 0.118. The lowest BCUT2D eigenvalue weighted by Gasteiger charge is -2.10. The molecule has 0 fully saturated rings. The molecule has 0 unspecified atom stereocenters. The number of aromatic nitrogens is 2. The minimum atomic E-state index is -0.555. The quantitative estimate of drug-likeness (QED) is 0.377. The van der Waals surface area contributed by atoms with E-state index < -0.39 is 5.82 Å². The number of nitrogens with zero attached hydrogens (tertiary/aromatic N) is 2. The van der Waals surface area contributed by atoms with Crippen molar-refractivity contribution in [2.24, 2.45) is 0 Å². The Kier molecular flexibility index (Phi) is 5.75. The molecule has 3 rings (SSSR count). The van der Waals surface area contributed by atoms with Gasteiger partial charge in [-0.25, -0.2) is 9.37 Å². The Bertz CT molecular complexity index is 1050. The van der Waals surface area contributed by atoms with E-state index >= 15 is 0 Å². The molecule has 5 nitrogen and oxygen atoms in total. The van der Waals surface area contributed by atoms with Gasteiger partial charge < -0.3 is 5.32 Å². The van der Waals surface area contributed by atoms with Gasteiger partial charge in [0.1, 0.15) is 10.6 Å². The topological polar surface area (TPSA) is 64.0 Å². The van der Waals surface area contributed by atoms with Gasteiger partial charge in [0.25, 0.3) is 5.56 Å². The van der Waals surface area contributed by atoms with E-state index in [1.54, 1.807) is 17.5 Å². The van der Waals surface area contributed by atoms with Crippen LogP contribution in [0.4, 0.5) is 10.1 Å². The molecule has 3 aromatic rings. The molecule has 9 heteroatoms. The molecule has 0 aliphatic carbocycles. The summed E-state index contributed by atoms with van der Waals surface area (Å²) >= 11 is 8.21. The first-order valence-electron chi connectivity index (χ1n) is 7.46. The average Bonchev–Trinajstić information content (AvgIpc) is 3.08. The molecular formula is C17H13ClFN3O2S2. The third-order valence-corrected chi connectivity index (χ3v) is 5.47. The third kappa shape index (κ3) is 3.98. The van der Waals surface area contributed by atoms with E-state index in [9.17, 15) is 14.0 Å². The lowest BCUT2D eigenvalue weighted by molar-refractivity contribution is -0.113. The number of allylic oxidation sites excluding steroid dienone is 1. The highest BCUT2D eigenvalue weighted by atomic mass is 35.5. The summed E-state index contributed by atoms with van der Waals surface area (Å²) in [6.07, 6.45) is 1.60. The van der Waals surface area contributed by atoms with E-state index in [-0.39, 0.29) is 22.2 Å². The summed E-state index contributed by atoms with van der Waals surface area (Å²) in [6.45, 7) is 3.96. The monoisotopic (exact) mass is 409 g/mol. The van der Waals surface area contributed by atoms with Gasteiger partial charge >= 0.3 is 0 Å². The molecule has 0 aliphatic heterocycles. The second kappa shape index (κ2) is 8.03. The standard InChI is InChI=1S/C17H13ClFN3O2S2/c1-2-6-22-16(24)11-5-7-25-15(11)21-17(22)26-9-14(23)20-10-3-4-13(19)12(18)8-10/h2-5,7-8H,1,6,9H2,(H,20,23). The van der Waals surface area contributed by atoms with Crippen LogP contribution in [-0.2, 0) is 11.3 Å². The molecule has 0 aliphatic rings. The van der Waals surface area contributed by atoms with Crippen LogP contribution in [0.1, 0.15) is 0 Å². The Morgan fingerprint density at radius 1 is 1.46 bits per heavy atom. The van der Waals surface area contributed by atoms with Crippen molar-refractivity contribution in [3.8, 4) is 0 Å². The Morgan fingerprint density at radius 2 is 2.27 bits per heavy atom. The van der Waals surface area contributed by atoms with Gasteiger partial charge in [-0.2, -0.15) is 0 Å². The van der Waals surface area contributed by atoms with Crippen LogP contribution in [0.25, 0.3) is 10.2 Å². The van der Waals surface area contributed by atoms with Crippen LogP contribution in [0.5, 0.6) is 0 Å². The van der Waals surface area contributed by atoms with Crippen LogP contribution in [0.2, 0.25) is 5.02 Å². The van der Waals surface area contributed by atoms with Gasteiger partial charge in [0, 0.05) is 12.2 Å². The molecular weight excluding hydrogens is 397 g/mol. The SMILES string of the molecule is C=CCn1c(SCC(=O)Nc2ccc(F)c(Cl)c2)nc2sccc2c1=O. The van der Waals surface area contributed by atoms with Crippen molar-refractivity contribution in [1.29, 1.82) is 0 Å². The molecule has 0 saturated carbocycles. The number of thiophene rings is 1. The minimum Gasteiger partial charge on any atom is -0.325 e. The summed E-state index contributed by atoms with van der Waals surface area (Å²) in [5, 5.41) is 5.36.